The quantitative estimate of drug-likeness (QED) is 0.842. The van der Waals surface area contributed by atoms with Crippen LogP contribution in [0.25, 0.3) is 0 Å². The fraction of sp³-hybridized carbons (Fsp3) is 0.316. The van der Waals surface area contributed by atoms with Gasteiger partial charge >= 0.3 is 0 Å². The summed E-state index contributed by atoms with van der Waals surface area (Å²) < 4.78 is 5.70. The minimum absolute atomic E-state index is 0.0419. The van der Waals surface area contributed by atoms with Crippen molar-refractivity contribution >= 4 is 5.91 Å². The summed E-state index contributed by atoms with van der Waals surface area (Å²) >= 11 is 0. The molecule has 116 valence electrons. The van der Waals surface area contributed by atoms with Crippen molar-refractivity contribution in [2.75, 3.05) is 6.61 Å². The first-order chi connectivity index (χ1) is 10.7. The first kappa shape index (κ1) is 16.1. The number of hydrogen-bond donors (Lipinski definition) is 1. The van der Waals surface area contributed by atoms with Crippen LogP contribution in [0.15, 0.2) is 54.6 Å². The molecule has 22 heavy (non-hydrogen) atoms. The molecule has 3 heteroatoms. The number of nitrogens with one attached hydrogen (secondary N) is 1. The summed E-state index contributed by atoms with van der Waals surface area (Å²) in [5.74, 6) is 1.11. The standard InChI is InChI=1S/C19H23NO2/c1-3-15(2)17-11-7-8-12-18(17)22-14-19(21)20-13-16-9-5-4-6-10-16/h4-12,15H,3,13-14H2,1-2H3,(H,20,21). The van der Waals surface area contributed by atoms with Crippen LogP contribution < -0.4 is 10.1 Å². The first-order valence-electron chi connectivity index (χ1n) is 7.73. The molecular weight excluding hydrogens is 274 g/mol. The second kappa shape index (κ2) is 8.23. The van der Waals surface area contributed by atoms with Gasteiger partial charge in [0.25, 0.3) is 5.91 Å². The minimum atomic E-state index is -0.109. The van der Waals surface area contributed by atoms with Gasteiger partial charge in [-0.3, -0.25) is 4.79 Å². The molecule has 3 nitrogen and oxygen atoms in total. The molecule has 0 saturated carbocycles. The van der Waals surface area contributed by atoms with Crippen molar-refractivity contribution < 1.29 is 9.53 Å². The molecule has 0 aromatic heterocycles. The molecule has 0 aliphatic heterocycles. The Balaban J connectivity index is 1.86. The molecule has 2 aromatic rings. The third-order valence-corrected chi connectivity index (χ3v) is 3.75. The van der Waals surface area contributed by atoms with Crippen LogP contribution in [0.4, 0.5) is 0 Å². The average molecular weight is 297 g/mol. The Kier molecular flexibility index (Phi) is 6.01. The lowest BCUT2D eigenvalue weighted by molar-refractivity contribution is -0.123. The van der Waals surface area contributed by atoms with E-state index >= 15 is 0 Å². The number of rotatable bonds is 7. The zero-order chi connectivity index (χ0) is 15.8. The summed E-state index contributed by atoms with van der Waals surface area (Å²) in [4.78, 5) is 11.9. The van der Waals surface area contributed by atoms with E-state index in [9.17, 15) is 4.79 Å². The van der Waals surface area contributed by atoms with Crippen LogP contribution in [0.1, 0.15) is 37.3 Å². The van der Waals surface area contributed by atoms with Gasteiger partial charge in [-0.25, -0.2) is 0 Å². The van der Waals surface area contributed by atoms with Crippen molar-refractivity contribution in [1.29, 1.82) is 0 Å². The predicted molar refractivity (Wildman–Crippen MR) is 88.9 cm³/mol. The van der Waals surface area contributed by atoms with Crippen LogP contribution in [0, 0.1) is 0 Å². The van der Waals surface area contributed by atoms with E-state index in [-0.39, 0.29) is 12.5 Å². The Morgan fingerprint density at radius 1 is 1.09 bits per heavy atom. The zero-order valence-corrected chi connectivity index (χ0v) is 13.2. The van der Waals surface area contributed by atoms with Crippen molar-refractivity contribution in [2.45, 2.75) is 32.7 Å². The molecule has 0 saturated heterocycles. The summed E-state index contributed by atoms with van der Waals surface area (Å²) in [6.07, 6.45) is 1.04. The van der Waals surface area contributed by atoms with Crippen molar-refractivity contribution in [3.8, 4) is 5.75 Å². The van der Waals surface area contributed by atoms with Crippen molar-refractivity contribution in [3.63, 3.8) is 0 Å². The van der Waals surface area contributed by atoms with Gasteiger partial charge in [0, 0.05) is 6.54 Å². The van der Waals surface area contributed by atoms with E-state index in [0.717, 1.165) is 23.3 Å². The number of ether oxygens (including phenoxy) is 1. The average Bonchev–Trinajstić information content (AvgIpc) is 2.58. The van der Waals surface area contributed by atoms with Gasteiger partial charge in [0.1, 0.15) is 5.75 Å². The number of carbonyl (C=O) groups is 1. The lowest BCUT2D eigenvalue weighted by atomic mass is 9.98. The third-order valence-electron chi connectivity index (χ3n) is 3.75. The monoisotopic (exact) mass is 297 g/mol. The van der Waals surface area contributed by atoms with Gasteiger partial charge in [-0.15, -0.1) is 0 Å². The topological polar surface area (TPSA) is 38.3 Å². The Labute approximate surface area is 132 Å². The van der Waals surface area contributed by atoms with E-state index in [1.807, 2.05) is 48.5 Å². The van der Waals surface area contributed by atoms with Crippen LogP contribution in [-0.4, -0.2) is 12.5 Å². The smallest absolute Gasteiger partial charge is 0.258 e. The van der Waals surface area contributed by atoms with E-state index in [1.54, 1.807) is 0 Å². The number of benzene rings is 2. The molecule has 0 aliphatic rings. The summed E-state index contributed by atoms with van der Waals surface area (Å²) in [6.45, 7) is 4.88. The molecule has 0 radical (unpaired) electrons. The maximum absolute atomic E-state index is 11.9. The Bertz CT molecular complexity index is 595. The van der Waals surface area contributed by atoms with Gasteiger partial charge in [0.2, 0.25) is 0 Å². The molecule has 1 unspecified atom stereocenters. The minimum Gasteiger partial charge on any atom is -0.483 e. The van der Waals surface area contributed by atoms with Crippen molar-refractivity contribution in [3.05, 3.63) is 65.7 Å². The highest BCUT2D eigenvalue weighted by Gasteiger charge is 2.10. The van der Waals surface area contributed by atoms with Gasteiger partial charge in [0.15, 0.2) is 6.61 Å². The molecule has 0 spiro atoms. The molecule has 0 heterocycles. The number of carbonyl (C=O) groups excluding carboxylic acids is 1. The van der Waals surface area contributed by atoms with E-state index in [4.69, 9.17) is 4.74 Å². The number of amides is 1. The molecule has 1 atom stereocenters. The van der Waals surface area contributed by atoms with Crippen LogP contribution in [0.5, 0.6) is 5.75 Å². The lowest BCUT2D eigenvalue weighted by Gasteiger charge is -2.15. The van der Waals surface area contributed by atoms with Gasteiger partial charge in [-0.05, 0) is 29.5 Å². The third kappa shape index (κ3) is 4.62. The highest BCUT2D eigenvalue weighted by atomic mass is 16.5. The fourth-order valence-corrected chi connectivity index (χ4v) is 2.23. The molecule has 1 N–H and O–H groups in total. The highest BCUT2D eigenvalue weighted by Crippen LogP contribution is 2.28. The summed E-state index contributed by atoms with van der Waals surface area (Å²) in [5.41, 5.74) is 2.23. The second-order valence-electron chi connectivity index (χ2n) is 5.40. The van der Waals surface area contributed by atoms with Gasteiger partial charge < -0.3 is 10.1 Å². The maximum atomic E-state index is 11.9. The largest absolute Gasteiger partial charge is 0.483 e. The Morgan fingerprint density at radius 3 is 2.50 bits per heavy atom. The molecular formula is C19H23NO2. The Hall–Kier alpha value is -2.29. The second-order valence-corrected chi connectivity index (χ2v) is 5.40. The molecule has 2 aromatic carbocycles. The lowest BCUT2D eigenvalue weighted by Crippen LogP contribution is -2.28. The SMILES string of the molecule is CCC(C)c1ccccc1OCC(=O)NCc1ccccc1. The van der Waals surface area contributed by atoms with Gasteiger partial charge in [-0.2, -0.15) is 0 Å². The summed E-state index contributed by atoms with van der Waals surface area (Å²) in [6, 6.07) is 17.8. The van der Waals surface area contributed by atoms with Crippen molar-refractivity contribution in [2.24, 2.45) is 0 Å². The van der Waals surface area contributed by atoms with E-state index < -0.39 is 0 Å². The first-order valence-corrected chi connectivity index (χ1v) is 7.73. The van der Waals surface area contributed by atoms with E-state index in [0.29, 0.717) is 12.5 Å². The van der Waals surface area contributed by atoms with E-state index in [2.05, 4.69) is 25.2 Å². The van der Waals surface area contributed by atoms with Gasteiger partial charge in [0.05, 0.1) is 0 Å². The molecule has 0 aliphatic carbocycles. The summed E-state index contributed by atoms with van der Waals surface area (Å²) in [5, 5.41) is 2.87. The zero-order valence-electron chi connectivity index (χ0n) is 13.2. The normalized spacial score (nSPS) is 11.7. The van der Waals surface area contributed by atoms with Crippen LogP contribution in [0.3, 0.4) is 0 Å². The molecule has 0 fully saturated rings. The summed E-state index contributed by atoms with van der Waals surface area (Å²) in [7, 11) is 0. The number of hydrogen-bond acceptors (Lipinski definition) is 2. The number of para-hydroxylation sites is 1. The molecule has 1 amide bonds. The van der Waals surface area contributed by atoms with Crippen LogP contribution in [-0.2, 0) is 11.3 Å². The van der Waals surface area contributed by atoms with Crippen LogP contribution in [0.2, 0.25) is 0 Å². The molecule has 0 bridgehead atoms. The van der Waals surface area contributed by atoms with Crippen LogP contribution >= 0.6 is 0 Å². The van der Waals surface area contributed by atoms with Gasteiger partial charge in [-0.1, -0.05) is 62.4 Å². The Morgan fingerprint density at radius 2 is 1.77 bits per heavy atom. The molecule has 2 rings (SSSR count). The highest BCUT2D eigenvalue weighted by molar-refractivity contribution is 5.77. The van der Waals surface area contributed by atoms with Crippen molar-refractivity contribution in [1.82, 2.24) is 5.32 Å². The fourth-order valence-electron chi connectivity index (χ4n) is 2.23. The maximum Gasteiger partial charge on any atom is 0.258 e. The predicted octanol–water partition coefficient (Wildman–Crippen LogP) is 3.90. The van der Waals surface area contributed by atoms with E-state index in [1.165, 1.54) is 0 Å².